The highest BCUT2D eigenvalue weighted by molar-refractivity contribution is 7.99. The molecular formula is C16H21N3OS. The minimum Gasteiger partial charge on any atom is -0.339 e. The van der Waals surface area contributed by atoms with Crippen LogP contribution in [0.1, 0.15) is 26.7 Å². The average Bonchev–Trinajstić information content (AvgIpc) is 3.23. The summed E-state index contributed by atoms with van der Waals surface area (Å²) in [5.41, 5.74) is 1.06. The van der Waals surface area contributed by atoms with Crippen LogP contribution in [0.4, 0.5) is 0 Å². The second kappa shape index (κ2) is 6.10. The van der Waals surface area contributed by atoms with Gasteiger partial charge in [-0.1, -0.05) is 31.7 Å². The summed E-state index contributed by atoms with van der Waals surface area (Å²) >= 11 is 1.53. The monoisotopic (exact) mass is 303 g/mol. The molecule has 0 atom stereocenters. The zero-order valence-electron chi connectivity index (χ0n) is 12.5. The van der Waals surface area contributed by atoms with Crippen molar-refractivity contribution in [3.05, 3.63) is 30.6 Å². The number of nitrogens with zero attached hydrogens (tertiary/aromatic N) is 3. The maximum atomic E-state index is 12.5. The van der Waals surface area contributed by atoms with E-state index in [9.17, 15) is 4.79 Å². The third kappa shape index (κ3) is 3.40. The fourth-order valence-electron chi connectivity index (χ4n) is 2.47. The van der Waals surface area contributed by atoms with E-state index in [0.29, 0.717) is 17.7 Å². The van der Waals surface area contributed by atoms with Crippen molar-refractivity contribution in [2.24, 2.45) is 5.92 Å². The molecule has 0 unspecified atom stereocenters. The van der Waals surface area contributed by atoms with Crippen LogP contribution in [0, 0.1) is 5.92 Å². The SMILES string of the molecule is CC(C)CN(C(=O)CSc1ncc2ccccn12)C1CC1. The smallest absolute Gasteiger partial charge is 0.233 e. The molecule has 0 aliphatic heterocycles. The summed E-state index contributed by atoms with van der Waals surface area (Å²) in [6, 6.07) is 6.48. The molecule has 3 rings (SSSR count). The van der Waals surface area contributed by atoms with Gasteiger partial charge in [-0.3, -0.25) is 9.20 Å². The van der Waals surface area contributed by atoms with E-state index in [1.165, 1.54) is 11.8 Å². The topological polar surface area (TPSA) is 37.6 Å². The van der Waals surface area contributed by atoms with E-state index in [2.05, 4.69) is 23.7 Å². The van der Waals surface area contributed by atoms with Gasteiger partial charge in [-0.15, -0.1) is 0 Å². The van der Waals surface area contributed by atoms with Crippen LogP contribution < -0.4 is 0 Å². The molecule has 0 bridgehead atoms. The summed E-state index contributed by atoms with van der Waals surface area (Å²) in [5.74, 6) is 1.23. The van der Waals surface area contributed by atoms with Crippen LogP contribution in [0.3, 0.4) is 0 Å². The van der Waals surface area contributed by atoms with Gasteiger partial charge in [0.05, 0.1) is 17.5 Å². The molecule has 112 valence electrons. The molecule has 0 spiro atoms. The highest BCUT2D eigenvalue weighted by Gasteiger charge is 2.32. The molecule has 2 heterocycles. The van der Waals surface area contributed by atoms with Crippen LogP contribution in [0.25, 0.3) is 5.52 Å². The van der Waals surface area contributed by atoms with Crippen LogP contribution >= 0.6 is 11.8 Å². The molecule has 1 saturated carbocycles. The second-order valence-corrected chi connectivity index (χ2v) is 6.94. The number of carbonyl (C=O) groups is 1. The van der Waals surface area contributed by atoms with Crippen molar-refractivity contribution in [3.63, 3.8) is 0 Å². The summed E-state index contributed by atoms with van der Waals surface area (Å²) in [5, 5.41) is 0.888. The number of thioether (sulfide) groups is 1. The van der Waals surface area contributed by atoms with Gasteiger partial charge in [-0.2, -0.15) is 0 Å². The number of amides is 1. The lowest BCUT2D eigenvalue weighted by Crippen LogP contribution is -2.37. The molecule has 0 radical (unpaired) electrons. The Kier molecular flexibility index (Phi) is 4.19. The number of fused-ring (bicyclic) bond motifs is 1. The minimum absolute atomic E-state index is 0.240. The molecule has 4 nitrogen and oxygen atoms in total. The van der Waals surface area contributed by atoms with Gasteiger partial charge in [0.15, 0.2) is 5.16 Å². The number of rotatable bonds is 6. The first-order valence-electron chi connectivity index (χ1n) is 7.49. The van der Waals surface area contributed by atoms with Gasteiger partial charge in [0.2, 0.25) is 5.91 Å². The van der Waals surface area contributed by atoms with Gasteiger partial charge in [-0.25, -0.2) is 4.98 Å². The molecule has 21 heavy (non-hydrogen) atoms. The molecule has 1 aliphatic rings. The van der Waals surface area contributed by atoms with E-state index in [4.69, 9.17) is 0 Å². The normalized spacial score (nSPS) is 14.8. The Bertz CT molecular complexity index is 633. The van der Waals surface area contributed by atoms with Crippen molar-refractivity contribution in [3.8, 4) is 0 Å². The van der Waals surface area contributed by atoms with Crippen molar-refractivity contribution in [2.45, 2.75) is 37.9 Å². The molecule has 5 heteroatoms. The van der Waals surface area contributed by atoms with Gasteiger partial charge in [0.1, 0.15) is 0 Å². The molecule has 1 fully saturated rings. The fraction of sp³-hybridized carbons (Fsp3) is 0.500. The first-order chi connectivity index (χ1) is 10.1. The third-order valence-electron chi connectivity index (χ3n) is 3.60. The molecule has 0 N–H and O–H groups in total. The molecule has 1 amide bonds. The Labute approximate surface area is 129 Å². The summed E-state index contributed by atoms with van der Waals surface area (Å²) in [6.07, 6.45) is 6.16. The number of pyridine rings is 1. The second-order valence-electron chi connectivity index (χ2n) is 6.00. The lowest BCUT2D eigenvalue weighted by atomic mass is 10.2. The van der Waals surface area contributed by atoms with Crippen molar-refractivity contribution in [1.82, 2.24) is 14.3 Å². The summed E-state index contributed by atoms with van der Waals surface area (Å²) in [6.45, 7) is 5.20. The maximum Gasteiger partial charge on any atom is 0.233 e. The van der Waals surface area contributed by atoms with Crippen molar-refractivity contribution in [1.29, 1.82) is 0 Å². The van der Waals surface area contributed by atoms with E-state index in [0.717, 1.165) is 30.1 Å². The molecule has 2 aromatic rings. The number of imidazole rings is 1. The van der Waals surface area contributed by atoms with Gasteiger partial charge in [-0.05, 0) is 30.9 Å². The van der Waals surface area contributed by atoms with E-state index in [1.807, 2.05) is 35.0 Å². The lowest BCUT2D eigenvalue weighted by Gasteiger charge is -2.24. The van der Waals surface area contributed by atoms with Gasteiger partial charge in [0.25, 0.3) is 0 Å². The number of carbonyl (C=O) groups excluding carboxylic acids is 1. The van der Waals surface area contributed by atoms with Crippen LogP contribution in [0.15, 0.2) is 35.7 Å². The Morgan fingerprint density at radius 1 is 1.48 bits per heavy atom. The Morgan fingerprint density at radius 3 is 3.00 bits per heavy atom. The average molecular weight is 303 g/mol. The van der Waals surface area contributed by atoms with Crippen LogP contribution in [0.2, 0.25) is 0 Å². The van der Waals surface area contributed by atoms with Crippen molar-refractivity contribution in [2.75, 3.05) is 12.3 Å². The highest BCUT2D eigenvalue weighted by Crippen LogP contribution is 2.29. The summed E-state index contributed by atoms with van der Waals surface area (Å²) in [4.78, 5) is 18.9. The van der Waals surface area contributed by atoms with E-state index < -0.39 is 0 Å². The van der Waals surface area contributed by atoms with E-state index >= 15 is 0 Å². The van der Waals surface area contributed by atoms with Crippen molar-refractivity contribution >= 4 is 23.2 Å². The Hall–Kier alpha value is -1.49. The lowest BCUT2D eigenvalue weighted by molar-refractivity contribution is -0.129. The zero-order valence-corrected chi connectivity index (χ0v) is 13.3. The predicted molar refractivity (Wildman–Crippen MR) is 85.5 cm³/mol. The largest absolute Gasteiger partial charge is 0.339 e. The predicted octanol–water partition coefficient (Wildman–Crippen LogP) is 3.07. The number of hydrogen-bond acceptors (Lipinski definition) is 3. The van der Waals surface area contributed by atoms with E-state index in [1.54, 1.807) is 0 Å². The molecule has 1 aliphatic carbocycles. The Balaban J connectivity index is 1.64. The van der Waals surface area contributed by atoms with Gasteiger partial charge in [0, 0.05) is 18.8 Å². The number of aromatic nitrogens is 2. The van der Waals surface area contributed by atoms with Gasteiger partial charge < -0.3 is 4.90 Å². The third-order valence-corrected chi connectivity index (χ3v) is 4.55. The first-order valence-corrected chi connectivity index (χ1v) is 8.48. The molecule has 2 aromatic heterocycles. The summed E-state index contributed by atoms with van der Waals surface area (Å²) < 4.78 is 2.03. The standard InChI is InChI=1S/C16H21N3OS/c1-12(2)10-19(13-6-7-13)15(20)11-21-16-17-9-14-5-3-4-8-18(14)16/h3-5,8-9,12-13H,6-7,10-11H2,1-2H3. The first kappa shape index (κ1) is 14.4. The van der Waals surface area contributed by atoms with Crippen LogP contribution in [-0.2, 0) is 4.79 Å². The van der Waals surface area contributed by atoms with Gasteiger partial charge >= 0.3 is 0 Å². The van der Waals surface area contributed by atoms with Crippen LogP contribution in [0.5, 0.6) is 0 Å². The quantitative estimate of drug-likeness (QED) is 0.770. The fourth-order valence-corrected chi connectivity index (χ4v) is 3.32. The molecular weight excluding hydrogens is 282 g/mol. The number of hydrogen-bond donors (Lipinski definition) is 0. The minimum atomic E-state index is 0.240. The summed E-state index contributed by atoms with van der Waals surface area (Å²) in [7, 11) is 0. The highest BCUT2D eigenvalue weighted by atomic mass is 32.2. The Morgan fingerprint density at radius 2 is 2.29 bits per heavy atom. The molecule has 0 aromatic carbocycles. The van der Waals surface area contributed by atoms with Crippen LogP contribution in [-0.4, -0.2) is 38.5 Å². The van der Waals surface area contributed by atoms with Crippen molar-refractivity contribution < 1.29 is 4.79 Å². The van der Waals surface area contributed by atoms with E-state index in [-0.39, 0.29) is 5.91 Å². The molecule has 0 saturated heterocycles. The zero-order chi connectivity index (χ0) is 14.8. The maximum absolute atomic E-state index is 12.5.